The van der Waals surface area contributed by atoms with Gasteiger partial charge in [0.1, 0.15) is 10.6 Å². The van der Waals surface area contributed by atoms with Crippen molar-refractivity contribution in [3.8, 4) is 5.75 Å². The monoisotopic (exact) mass is 262 g/mol. The van der Waals surface area contributed by atoms with Crippen molar-refractivity contribution >= 4 is 17.7 Å². The molecule has 0 unspecified atom stereocenters. The summed E-state index contributed by atoms with van der Waals surface area (Å²) < 4.78 is 30.3. The first-order valence-electron chi connectivity index (χ1n) is 4.73. The van der Waals surface area contributed by atoms with Crippen LogP contribution in [-0.2, 0) is 4.79 Å². The summed E-state index contributed by atoms with van der Waals surface area (Å²) >= 11 is 0.744. The zero-order valence-electron chi connectivity index (χ0n) is 9.58. The number of aliphatic carboxylic acids is 1. The minimum atomic E-state index is -1.23. The molecule has 1 N–H and O–H groups in total. The Bertz CT molecular complexity index is 447. The van der Waals surface area contributed by atoms with Gasteiger partial charge in [0.25, 0.3) is 0 Å². The van der Waals surface area contributed by atoms with Crippen molar-refractivity contribution in [1.82, 2.24) is 0 Å². The number of methoxy groups -OCH3 is 1. The summed E-state index contributed by atoms with van der Waals surface area (Å²) in [6, 6.07) is 1.83. The van der Waals surface area contributed by atoms with E-state index in [9.17, 15) is 13.6 Å². The van der Waals surface area contributed by atoms with E-state index in [1.807, 2.05) is 0 Å². The van der Waals surface area contributed by atoms with Crippen molar-refractivity contribution in [3.05, 3.63) is 23.8 Å². The number of carboxylic acid groups (broad SMARTS) is 1. The molecule has 0 bridgehead atoms. The molecule has 0 aliphatic rings. The minimum absolute atomic E-state index is 0.0595. The lowest BCUT2D eigenvalue weighted by molar-refractivity contribution is -0.138. The fourth-order valence-corrected chi connectivity index (χ4v) is 2.02. The maximum Gasteiger partial charge on any atom is 0.319 e. The van der Waals surface area contributed by atoms with Crippen LogP contribution < -0.4 is 4.74 Å². The molecular weight excluding hydrogens is 250 g/mol. The number of halogens is 2. The van der Waals surface area contributed by atoms with Crippen molar-refractivity contribution in [2.24, 2.45) is 0 Å². The first-order valence-corrected chi connectivity index (χ1v) is 5.55. The Hall–Kier alpha value is -1.30. The van der Waals surface area contributed by atoms with Gasteiger partial charge in [-0.2, -0.15) is 0 Å². The smallest absolute Gasteiger partial charge is 0.319 e. The summed E-state index contributed by atoms with van der Waals surface area (Å²) in [5.41, 5.74) is 0. The number of hydrogen-bond acceptors (Lipinski definition) is 3. The highest BCUT2D eigenvalue weighted by Crippen LogP contribution is 2.36. The molecule has 1 rings (SSSR count). The summed E-state index contributed by atoms with van der Waals surface area (Å²) in [6.45, 7) is 2.84. The third-order valence-corrected chi connectivity index (χ3v) is 3.30. The fraction of sp³-hybridized carbons (Fsp3) is 0.364. The Balaban J connectivity index is 3.08. The second-order valence-corrected chi connectivity index (χ2v) is 5.50. The quantitative estimate of drug-likeness (QED) is 0.847. The molecule has 0 radical (unpaired) electrons. The van der Waals surface area contributed by atoms with Gasteiger partial charge in [-0.05, 0) is 19.9 Å². The zero-order chi connectivity index (χ0) is 13.2. The van der Waals surface area contributed by atoms with Crippen LogP contribution in [0, 0.1) is 11.6 Å². The molecule has 17 heavy (non-hydrogen) atoms. The molecule has 0 saturated carbocycles. The van der Waals surface area contributed by atoms with Crippen LogP contribution in [0.1, 0.15) is 13.8 Å². The van der Waals surface area contributed by atoms with Crippen LogP contribution in [0.4, 0.5) is 8.78 Å². The van der Waals surface area contributed by atoms with Crippen LogP contribution in [-0.4, -0.2) is 22.9 Å². The van der Waals surface area contributed by atoms with Crippen molar-refractivity contribution in [1.29, 1.82) is 0 Å². The molecule has 0 aliphatic carbocycles. The number of carboxylic acids is 1. The zero-order valence-corrected chi connectivity index (χ0v) is 10.4. The van der Waals surface area contributed by atoms with Crippen molar-refractivity contribution < 1.29 is 23.4 Å². The van der Waals surface area contributed by atoms with Crippen LogP contribution in [0.25, 0.3) is 0 Å². The predicted molar refractivity (Wildman–Crippen MR) is 60.5 cm³/mol. The van der Waals surface area contributed by atoms with Crippen LogP contribution >= 0.6 is 11.8 Å². The van der Waals surface area contributed by atoms with E-state index in [1.165, 1.54) is 21.0 Å². The van der Waals surface area contributed by atoms with Crippen LogP contribution in [0.3, 0.4) is 0 Å². The first kappa shape index (κ1) is 13.8. The first-order chi connectivity index (χ1) is 7.77. The van der Waals surface area contributed by atoms with Gasteiger partial charge in [-0.1, -0.05) is 0 Å². The topological polar surface area (TPSA) is 46.5 Å². The molecule has 0 aromatic heterocycles. The Morgan fingerprint density at radius 2 is 1.94 bits per heavy atom. The summed E-state index contributed by atoms with van der Waals surface area (Å²) in [6.07, 6.45) is 0. The Morgan fingerprint density at radius 1 is 1.35 bits per heavy atom. The van der Waals surface area contributed by atoms with Gasteiger partial charge < -0.3 is 9.84 Å². The van der Waals surface area contributed by atoms with Gasteiger partial charge in [-0.15, -0.1) is 11.8 Å². The lowest BCUT2D eigenvalue weighted by atomic mass is 10.2. The molecule has 94 valence electrons. The average Bonchev–Trinajstić information content (AvgIpc) is 2.22. The molecule has 3 nitrogen and oxygen atoms in total. The summed E-state index contributed by atoms with van der Waals surface area (Å²) in [4.78, 5) is 10.8. The van der Waals surface area contributed by atoms with E-state index >= 15 is 0 Å². The number of hydrogen-bond donors (Lipinski definition) is 1. The number of carbonyl (C=O) groups is 1. The second kappa shape index (κ2) is 4.91. The molecule has 0 heterocycles. The van der Waals surface area contributed by atoms with Crippen molar-refractivity contribution in [3.63, 3.8) is 0 Å². The molecule has 1 aromatic carbocycles. The van der Waals surface area contributed by atoms with Crippen molar-refractivity contribution in [2.75, 3.05) is 7.11 Å². The molecule has 0 saturated heterocycles. The lowest BCUT2D eigenvalue weighted by Crippen LogP contribution is -2.27. The van der Waals surface area contributed by atoms with Gasteiger partial charge in [0.05, 0.1) is 7.11 Å². The van der Waals surface area contributed by atoms with E-state index < -0.39 is 22.4 Å². The van der Waals surface area contributed by atoms with Gasteiger partial charge >= 0.3 is 5.97 Å². The fourth-order valence-electron chi connectivity index (χ4n) is 1.06. The number of ether oxygens (including phenoxy) is 1. The van der Waals surface area contributed by atoms with Crippen molar-refractivity contribution in [2.45, 2.75) is 23.5 Å². The average molecular weight is 262 g/mol. The molecule has 0 amide bonds. The SMILES string of the molecule is COc1cc(F)c(SC(C)(C)C(=O)O)cc1F. The molecule has 0 aliphatic heterocycles. The maximum absolute atomic E-state index is 13.6. The van der Waals surface area contributed by atoms with E-state index in [4.69, 9.17) is 5.11 Å². The number of thioether (sulfide) groups is 1. The number of rotatable bonds is 4. The summed E-state index contributed by atoms with van der Waals surface area (Å²) in [7, 11) is 1.23. The highest BCUT2D eigenvalue weighted by Gasteiger charge is 2.30. The van der Waals surface area contributed by atoms with Gasteiger partial charge in [0.2, 0.25) is 0 Å². The Morgan fingerprint density at radius 3 is 2.41 bits per heavy atom. The normalized spacial score (nSPS) is 11.4. The molecule has 0 fully saturated rings. The van der Waals surface area contributed by atoms with E-state index in [-0.39, 0.29) is 10.6 Å². The van der Waals surface area contributed by atoms with E-state index in [0.29, 0.717) is 0 Å². The standard InChI is InChI=1S/C11H12F2O3S/c1-11(2,10(14)15)17-9-5-6(12)8(16-3)4-7(9)13/h4-5H,1-3H3,(H,14,15). The molecule has 0 atom stereocenters. The second-order valence-electron chi connectivity index (χ2n) is 3.83. The van der Waals surface area contributed by atoms with E-state index in [1.54, 1.807) is 0 Å². The van der Waals surface area contributed by atoms with Crippen LogP contribution in [0.15, 0.2) is 17.0 Å². The Labute approximate surface area is 102 Å². The largest absolute Gasteiger partial charge is 0.494 e. The van der Waals surface area contributed by atoms with Gasteiger partial charge in [0.15, 0.2) is 11.6 Å². The van der Waals surface area contributed by atoms with Crippen LogP contribution in [0.5, 0.6) is 5.75 Å². The van der Waals surface area contributed by atoms with E-state index in [0.717, 1.165) is 23.9 Å². The third-order valence-electron chi connectivity index (χ3n) is 2.09. The molecule has 6 heteroatoms. The Kier molecular flexibility index (Phi) is 3.98. The maximum atomic E-state index is 13.6. The van der Waals surface area contributed by atoms with Gasteiger partial charge in [-0.3, -0.25) is 4.79 Å². The van der Waals surface area contributed by atoms with Crippen LogP contribution in [0.2, 0.25) is 0 Å². The third kappa shape index (κ3) is 3.09. The predicted octanol–water partition coefficient (Wildman–Crippen LogP) is 2.93. The molecule has 1 aromatic rings. The highest BCUT2D eigenvalue weighted by atomic mass is 32.2. The number of benzene rings is 1. The van der Waals surface area contributed by atoms with Gasteiger partial charge in [0, 0.05) is 11.0 Å². The minimum Gasteiger partial charge on any atom is -0.494 e. The van der Waals surface area contributed by atoms with Gasteiger partial charge in [-0.25, -0.2) is 8.78 Å². The van der Waals surface area contributed by atoms with E-state index in [2.05, 4.69) is 4.74 Å². The highest BCUT2D eigenvalue weighted by molar-refractivity contribution is 8.01. The molecular formula is C11H12F2O3S. The molecule has 0 spiro atoms. The lowest BCUT2D eigenvalue weighted by Gasteiger charge is -2.19. The summed E-state index contributed by atoms with van der Waals surface area (Å²) in [5, 5.41) is 8.90. The summed E-state index contributed by atoms with van der Waals surface area (Å²) in [5.74, 6) is -2.74.